The first-order chi connectivity index (χ1) is 7.20. The Balaban J connectivity index is 1.98. The van der Waals surface area contributed by atoms with Crippen LogP contribution < -0.4 is 0 Å². The second kappa shape index (κ2) is 4.49. The Bertz CT molecular complexity index is 238. The van der Waals surface area contributed by atoms with Gasteiger partial charge < -0.3 is 14.4 Å². The van der Waals surface area contributed by atoms with E-state index in [1.165, 1.54) is 0 Å². The van der Waals surface area contributed by atoms with E-state index >= 15 is 0 Å². The van der Waals surface area contributed by atoms with Gasteiger partial charge in [-0.05, 0) is 26.7 Å². The second-order valence-electron chi connectivity index (χ2n) is 4.35. The minimum absolute atomic E-state index is 0.129. The van der Waals surface area contributed by atoms with Crippen molar-refractivity contribution in [1.29, 1.82) is 0 Å². The summed E-state index contributed by atoms with van der Waals surface area (Å²) in [6.45, 7) is 6.12. The highest BCUT2D eigenvalue weighted by atomic mass is 16.5. The summed E-state index contributed by atoms with van der Waals surface area (Å²) in [4.78, 5) is 14.0. The highest BCUT2D eigenvalue weighted by molar-refractivity contribution is 5.81. The molecule has 0 saturated carbocycles. The lowest BCUT2D eigenvalue weighted by Crippen LogP contribution is -2.54. The van der Waals surface area contributed by atoms with Crippen LogP contribution in [-0.4, -0.2) is 48.8 Å². The number of carbonyl (C=O) groups is 1. The summed E-state index contributed by atoms with van der Waals surface area (Å²) in [5.74, 6) is 0.148. The van der Waals surface area contributed by atoms with Crippen LogP contribution in [0, 0.1) is 0 Å². The number of rotatable bonds is 1. The molecule has 0 N–H and O–H groups in total. The molecule has 0 aromatic carbocycles. The van der Waals surface area contributed by atoms with Gasteiger partial charge in [0.15, 0.2) is 0 Å². The summed E-state index contributed by atoms with van der Waals surface area (Å²) >= 11 is 0. The second-order valence-corrected chi connectivity index (χ2v) is 4.35. The van der Waals surface area contributed by atoms with Gasteiger partial charge in [0.1, 0.15) is 6.10 Å². The van der Waals surface area contributed by atoms with E-state index in [9.17, 15) is 4.79 Å². The number of carbonyl (C=O) groups excluding carboxylic acids is 1. The van der Waals surface area contributed by atoms with Gasteiger partial charge in [-0.3, -0.25) is 4.79 Å². The van der Waals surface area contributed by atoms with Gasteiger partial charge in [0.05, 0.1) is 18.8 Å². The third-order valence-electron chi connectivity index (χ3n) is 3.37. The summed E-state index contributed by atoms with van der Waals surface area (Å²) in [6.07, 6.45) is 1.81. The molecule has 4 nitrogen and oxygen atoms in total. The molecule has 4 heteroatoms. The van der Waals surface area contributed by atoms with E-state index in [1.807, 2.05) is 18.7 Å². The van der Waals surface area contributed by atoms with Crippen molar-refractivity contribution in [2.24, 2.45) is 0 Å². The minimum atomic E-state index is -0.197. The Hall–Kier alpha value is -0.610. The maximum atomic E-state index is 12.1. The van der Waals surface area contributed by atoms with E-state index in [2.05, 4.69) is 0 Å². The van der Waals surface area contributed by atoms with Gasteiger partial charge >= 0.3 is 0 Å². The Morgan fingerprint density at radius 3 is 2.73 bits per heavy atom. The maximum Gasteiger partial charge on any atom is 0.252 e. The molecule has 0 spiro atoms. The molecule has 3 atom stereocenters. The number of hydrogen-bond acceptors (Lipinski definition) is 3. The van der Waals surface area contributed by atoms with Crippen molar-refractivity contribution < 1.29 is 14.3 Å². The smallest absolute Gasteiger partial charge is 0.252 e. The fourth-order valence-electron chi connectivity index (χ4n) is 2.20. The predicted molar refractivity (Wildman–Crippen MR) is 55.6 cm³/mol. The lowest BCUT2D eigenvalue weighted by Gasteiger charge is -2.38. The molecule has 1 amide bonds. The monoisotopic (exact) mass is 213 g/mol. The van der Waals surface area contributed by atoms with Crippen LogP contribution in [0.15, 0.2) is 0 Å². The molecule has 15 heavy (non-hydrogen) atoms. The average molecular weight is 213 g/mol. The Morgan fingerprint density at radius 2 is 2.07 bits per heavy atom. The zero-order valence-electron chi connectivity index (χ0n) is 9.44. The molecule has 0 aromatic heterocycles. The summed E-state index contributed by atoms with van der Waals surface area (Å²) in [7, 11) is 0. The van der Waals surface area contributed by atoms with Crippen molar-refractivity contribution in [2.75, 3.05) is 19.8 Å². The number of nitrogens with zero attached hydrogens (tertiary/aromatic N) is 1. The quantitative estimate of drug-likeness (QED) is 0.646. The van der Waals surface area contributed by atoms with E-state index in [0.29, 0.717) is 13.2 Å². The predicted octanol–water partition coefficient (Wildman–Crippen LogP) is 0.801. The van der Waals surface area contributed by atoms with Crippen LogP contribution in [0.5, 0.6) is 0 Å². The highest BCUT2D eigenvalue weighted by Crippen LogP contribution is 2.20. The topological polar surface area (TPSA) is 38.8 Å². The van der Waals surface area contributed by atoms with Crippen molar-refractivity contribution in [3.8, 4) is 0 Å². The van der Waals surface area contributed by atoms with E-state index in [1.54, 1.807) is 0 Å². The molecular formula is C11H19NO3. The van der Waals surface area contributed by atoms with Gasteiger partial charge in [-0.1, -0.05) is 0 Å². The molecule has 2 heterocycles. The lowest BCUT2D eigenvalue weighted by molar-refractivity contribution is -0.153. The molecule has 86 valence electrons. The molecule has 2 saturated heterocycles. The largest absolute Gasteiger partial charge is 0.375 e. The van der Waals surface area contributed by atoms with Crippen molar-refractivity contribution in [3.05, 3.63) is 0 Å². The van der Waals surface area contributed by atoms with Gasteiger partial charge in [-0.2, -0.15) is 0 Å². The fourth-order valence-corrected chi connectivity index (χ4v) is 2.20. The van der Waals surface area contributed by atoms with Gasteiger partial charge in [0.25, 0.3) is 5.91 Å². The van der Waals surface area contributed by atoms with Crippen LogP contribution in [0.25, 0.3) is 0 Å². The van der Waals surface area contributed by atoms with E-state index < -0.39 is 0 Å². The Morgan fingerprint density at radius 1 is 1.27 bits per heavy atom. The summed E-state index contributed by atoms with van der Waals surface area (Å²) < 4.78 is 10.9. The normalized spacial score (nSPS) is 36.9. The minimum Gasteiger partial charge on any atom is -0.375 e. The molecule has 2 fully saturated rings. The highest BCUT2D eigenvalue weighted by Gasteiger charge is 2.34. The molecule has 2 aliphatic heterocycles. The fraction of sp³-hybridized carbons (Fsp3) is 0.909. The molecule has 2 rings (SSSR count). The number of ether oxygens (including phenoxy) is 2. The molecule has 0 aromatic rings. The molecule has 2 aliphatic rings. The van der Waals surface area contributed by atoms with Crippen molar-refractivity contribution in [3.63, 3.8) is 0 Å². The summed E-state index contributed by atoms with van der Waals surface area (Å²) in [6, 6.07) is 0.162. The summed E-state index contributed by atoms with van der Waals surface area (Å²) in [5, 5.41) is 0. The maximum absolute atomic E-state index is 12.1. The van der Waals surface area contributed by atoms with Gasteiger partial charge in [-0.25, -0.2) is 0 Å². The molecular weight excluding hydrogens is 194 g/mol. The number of morpholine rings is 1. The zero-order chi connectivity index (χ0) is 10.8. The number of amides is 1. The first kappa shape index (κ1) is 10.9. The van der Waals surface area contributed by atoms with E-state index in [-0.39, 0.29) is 24.2 Å². The van der Waals surface area contributed by atoms with E-state index in [0.717, 1.165) is 19.4 Å². The Labute approximate surface area is 90.5 Å². The number of hydrogen-bond donors (Lipinski definition) is 0. The average Bonchev–Trinajstić information content (AvgIpc) is 2.74. The third-order valence-corrected chi connectivity index (χ3v) is 3.37. The molecule has 3 unspecified atom stereocenters. The van der Waals surface area contributed by atoms with Crippen LogP contribution in [0.1, 0.15) is 26.7 Å². The molecule has 0 bridgehead atoms. The first-order valence-corrected chi connectivity index (χ1v) is 5.74. The first-order valence-electron chi connectivity index (χ1n) is 5.74. The van der Waals surface area contributed by atoms with Crippen LogP contribution in [0.3, 0.4) is 0 Å². The van der Waals surface area contributed by atoms with Gasteiger partial charge in [0.2, 0.25) is 0 Å². The van der Waals surface area contributed by atoms with Crippen LogP contribution >= 0.6 is 0 Å². The lowest BCUT2D eigenvalue weighted by atomic mass is 10.1. The SMILES string of the molecule is CC1OCCN(C(=O)C2CCCO2)C1C. The summed E-state index contributed by atoms with van der Waals surface area (Å²) in [5.41, 5.74) is 0. The van der Waals surface area contributed by atoms with Crippen LogP contribution in [0.2, 0.25) is 0 Å². The standard InChI is InChI=1S/C11H19NO3/c1-8-9(2)14-7-5-12(8)11(13)10-4-3-6-15-10/h8-10H,3-7H2,1-2H3. The van der Waals surface area contributed by atoms with Crippen LogP contribution in [0.4, 0.5) is 0 Å². The van der Waals surface area contributed by atoms with Gasteiger partial charge in [-0.15, -0.1) is 0 Å². The van der Waals surface area contributed by atoms with E-state index in [4.69, 9.17) is 9.47 Å². The van der Waals surface area contributed by atoms with Crippen molar-refractivity contribution >= 4 is 5.91 Å². The van der Waals surface area contributed by atoms with Crippen molar-refractivity contribution in [2.45, 2.75) is 44.9 Å². The molecule has 0 aliphatic carbocycles. The van der Waals surface area contributed by atoms with Crippen molar-refractivity contribution in [1.82, 2.24) is 4.90 Å². The van der Waals surface area contributed by atoms with Gasteiger partial charge in [0, 0.05) is 13.2 Å². The molecule has 0 radical (unpaired) electrons. The zero-order valence-corrected chi connectivity index (χ0v) is 9.44. The Kier molecular flexibility index (Phi) is 3.26. The van der Waals surface area contributed by atoms with Crippen LogP contribution in [-0.2, 0) is 14.3 Å². The third kappa shape index (κ3) is 2.16.